The smallest absolute Gasteiger partial charge is 0.304 e. The maximum absolute atomic E-state index is 10.9. The lowest BCUT2D eigenvalue weighted by Gasteiger charge is -2.23. The molecule has 1 aromatic rings. The van der Waals surface area contributed by atoms with Crippen molar-refractivity contribution in [2.75, 3.05) is 11.9 Å². The monoisotopic (exact) mass is 289 g/mol. The molecule has 0 bridgehead atoms. The van der Waals surface area contributed by atoms with Crippen LogP contribution in [0.15, 0.2) is 18.2 Å². The first-order valence-corrected chi connectivity index (χ1v) is 8.33. The fourth-order valence-corrected chi connectivity index (χ4v) is 3.51. The number of fused-ring (bicyclic) bond motifs is 1. The Morgan fingerprint density at radius 1 is 1.24 bits per heavy atom. The maximum atomic E-state index is 10.9. The van der Waals surface area contributed by atoms with Crippen molar-refractivity contribution >= 4 is 11.7 Å². The zero-order chi connectivity index (χ0) is 15.2. The van der Waals surface area contributed by atoms with Gasteiger partial charge in [-0.2, -0.15) is 0 Å². The van der Waals surface area contributed by atoms with Gasteiger partial charge in [-0.15, -0.1) is 0 Å². The number of benzene rings is 1. The third-order valence-electron chi connectivity index (χ3n) is 4.55. The van der Waals surface area contributed by atoms with Crippen molar-refractivity contribution < 1.29 is 9.90 Å². The molecule has 116 valence electrons. The predicted molar refractivity (Wildman–Crippen MR) is 87.1 cm³/mol. The van der Waals surface area contributed by atoms with Crippen LogP contribution in [0.5, 0.6) is 0 Å². The molecular formula is C18H27NO2. The van der Waals surface area contributed by atoms with Gasteiger partial charge in [-0.3, -0.25) is 4.79 Å². The molecule has 0 aromatic heterocycles. The molecule has 3 heteroatoms. The van der Waals surface area contributed by atoms with E-state index in [0.29, 0.717) is 5.92 Å². The van der Waals surface area contributed by atoms with E-state index in [9.17, 15) is 4.79 Å². The lowest BCUT2D eigenvalue weighted by molar-refractivity contribution is -0.137. The van der Waals surface area contributed by atoms with Gasteiger partial charge in [0.05, 0.1) is 6.42 Å². The van der Waals surface area contributed by atoms with Crippen LogP contribution in [0, 0.1) is 0 Å². The second-order valence-electron chi connectivity index (χ2n) is 5.86. The van der Waals surface area contributed by atoms with Crippen LogP contribution in [0.4, 0.5) is 5.69 Å². The van der Waals surface area contributed by atoms with Crippen LogP contribution >= 0.6 is 0 Å². The van der Waals surface area contributed by atoms with E-state index in [1.807, 2.05) is 13.8 Å². The number of anilines is 1. The largest absolute Gasteiger partial charge is 0.481 e. The number of aliphatic carboxylic acids is 1. The first-order chi connectivity index (χ1) is 10.2. The third kappa shape index (κ3) is 3.78. The van der Waals surface area contributed by atoms with Crippen molar-refractivity contribution in [3.8, 4) is 0 Å². The van der Waals surface area contributed by atoms with Crippen LogP contribution in [0.1, 0.15) is 75.3 Å². The lowest BCUT2D eigenvalue weighted by atomic mass is 9.82. The van der Waals surface area contributed by atoms with Gasteiger partial charge in [0.2, 0.25) is 0 Å². The molecule has 1 atom stereocenters. The van der Waals surface area contributed by atoms with E-state index in [2.05, 4.69) is 23.5 Å². The van der Waals surface area contributed by atoms with Gasteiger partial charge < -0.3 is 10.4 Å². The summed E-state index contributed by atoms with van der Waals surface area (Å²) < 4.78 is 0. The molecule has 3 nitrogen and oxygen atoms in total. The molecule has 1 unspecified atom stereocenters. The summed E-state index contributed by atoms with van der Waals surface area (Å²) in [6, 6.07) is 6.63. The normalized spacial score (nSPS) is 21.0. The van der Waals surface area contributed by atoms with Crippen LogP contribution in [-0.2, 0) is 4.79 Å². The van der Waals surface area contributed by atoms with E-state index in [4.69, 9.17) is 5.11 Å². The fraction of sp³-hybridized carbons (Fsp3) is 0.611. The van der Waals surface area contributed by atoms with E-state index in [-0.39, 0.29) is 12.3 Å². The van der Waals surface area contributed by atoms with Crippen LogP contribution in [0.3, 0.4) is 0 Å². The number of hydrogen-bond donors (Lipinski definition) is 2. The van der Waals surface area contributed by atoms with E-state index in [1.165, 1.54) is 43.2 Å². The highest BCUT2D eigenvalue weighted by Gasteiger charge is 2.26. The van der Waals surface area contributed by atoms with Gasteiger partial charge in [0.15, 0.2) is 0 Å². The molecular weight excluding hydrogens is 262 g/mol. The second-order valence-corrected chi connectivity index (χ2v) is 5.86. The zero-order valence-corrected chi connectivity index (χ0v) is 13.2. The summed E-state index contributed by atoms with van der Waals surface area (Å²) in [6.45, 7) is 4.76. The Morgan fingerprint density at radius 3 is 2.62 bits per heavy atom. The molecule has 1 fully saturated rings. The minimum atomic E-state index is -0.706. The lowest BCUT2D eigenvalue weighted by Crippen LogP contribution is -2.09. The van der Waals surface area contributed by atoms with Crippen LogP contribution in [-0.4, -0.2) is 17.6 Å². The van der Waals surface area contributed by atoms with Gasteiger partial charge in [-0.05, 0) is 36.0 Å². The molecule has 0 saturated heterocycles. The van der Waals surface area contributed by atoms with Gasteiger partial charge in [0.25, 0.3) is 0 Å². The van der Waals surface area contributed by atoms with Gasteiger partial charge in [0, 0.05) is 18.2 Å². The highest BCUT2D eigenvalue weighted by atomic mass is 16.4. The van der Waals surface area contributed by atoms with Crippen molar-refractivity contribution in [1.82, 2.24) is 0 Å². The molecule has 0 radical (unpaired) electrons. The average Bonchev–Trinajstić information content (AvgIpc) is 2.92. The molecule has 1 aliphatic carbocycles. The second kappa shape index (κ2) is 7.48. The first-order valence-electron chi connectivity index (χ1n) is 8.33. The Kier molecular flexibility index (Phi) is 5.66. The van der Waals surface area contributed by atoms with Crippen molar-refractivity contribution in [2.24, 2.45) is 0 Å². The molecule has 2 N–H and O–H groups in total. The molecule has 1 saturated carbocycles. The van der Waals surface area contributed by atoms with Gasteiger partial charge in [-0.1, -0.05) is 45.2 Å². The van der Waals surface area contributed by atoms with Crippen molar-refractivity contribution in [3.05, 3.63) is 29.3 Å². The van der Waals surface area contributed by atoms with Gasteiger partial charge >= 0.3 is 5.97 Å². The third-order valence-corrected chi connectivity index (χ3v) is 4.55. The van der Waals surface area contributed by atoms with Crippen LogP contribution in [0.2, 0.25) is 0 Å². The van der Waals surface area contributed by atoms with Gasteiger partial charge in [0.1, 0.15) is 0 Å². The average molecular weight is 289 g/mol. The standard InChI is InChI=1S/C16H21NO2.C2H6/c18-16(19)9-13-10-17-15-7-6-12(8-14(13)15)11-4-2-1-3-5-11;1-2/h6-8,11,13,17H,1-5,9-10H2,(H,18,19);1-2H3. The summed E-state index contributed by atoms with van der Waals surface area (Å²) in [5, 5.41) is 12.3. The zero-order valence-electron chi connectivity index (χ0n) is 13.2. The van der Waals surface area contributed by atoms with E-state index in [1.54, 1.807) is 0 Å². The molecule has 3 rings (SSSR count). The fourth-order valence-electron chi connectivity index (χ4n) is 3.51. The Morgan fingerprint density at radius 2 is 1.95 bits per heavy atom. The number of hydrogen-bond acceptors (Lipinski definition) is 2. The minimum Gasteiger partial charge on any atom is -0.481 e. The molecule has 0 amide bonds. The molecule has 2 aliphatic rings. The van der Waals surface area contributed by atoms with Crippen molar-refractivity contribution in [1.29, 1.82) is 0 Å². The van der Waals surface area contributed by atoms with Crippen molar-refractivity contribution in [3.63, 3.8) is 0 Å². The summed E-state index contributed by atoms with van der Waals surface area (Å²) in [7, 11) is 0. The van der Waals surface area contributed by atoms with Crippen molar-refractivity contribution in [2.45, 2.75) is 64.2 Å². The highest BCUT2D eigenvalue weighted by molar-refractivity contribution is 5.70. The summed E-state index contributed by atoms with van der Waals surface area (Å²) in [5.41, 5.74) is 3.76. The first kappa shape index (κ1) is 15.9. The molecule has 21 heavy (non-hydrogen) atoms. The van der Waals surface area contributed by atoms with E-state index in [0.717, 1.165) is 12.2 Å². The number of nitrogens with one attached hydrogen (secondary N) is 1. The quantitative estimate of drug-likeness (QED) is 0.844. The minimum absolute atomic E-state index is 0.135. The molecule has 1 aliphatic heterocycles. The maximum Gasteiger partial charge on any atom is 0.304 e. The number of carboxylic acids is 1. The molecule has 1 aromatic carbocycles. The SMILES string of the molecule is CC.O=C(O)CC1CNc2ccc(C3CCCCC3)cc21. The Balaban J connectivity index is 0.000000774. The van der Waals surface area contributed by atoms with E-state index >= 15 is 0 Å². The van der Waals surface area contributed by atoms with Crippen LogP contribution < -0.4 is 5.32 Å². The van der Waals surface area contributed by atoms with Gasteiger partial charge in [-0.25, -0.2) is 0 Å². The Labute approximate surface area is 127 Å². The number of rotatable bonds is 3. The van der Waals surface area contributed by atoms with E-state index < -0.39 is 5.97 Å². The highest BCUT2D eigenvalue weighted by Crippen LogP contribution is 2.39. The Hall–Kier alpha value is -1.51. The summed E-state index contributed by atoms with van der Waals surface area (Å²) in [6.07, 6.45) is 6.83. The van der Waals surface area contributed by atoms with Crippen LogP contribution in [0.25, 0.3) is 0 Å². The molecule has 0 spiro atoms. The summed E-state index contributed by atoms with van der Waals surface area (Å²) in [4.78, 5) is 10.9. The number of carboxylic acid groups (broad SMARTS) is 1. The number of carbonyl (C=O) groups is 1. The molecule has 1 heterocycles. The topological polar surface area (TPSA) is 49.3 Å². The Bertz CT molecular complexity index is 478. The predicted octanol–water partition coefficient (Wildman–Crippen LogP) is 4.74. The summed E-state index contributed by atoms with van der Waals surface area (Å²) in [5.74, 6) is 0.115. The summed E-state index contributed by atoms with van der Waals surface area (Å²) >= 11 is 0.